The predicted octanol–water partition coefficient (Wildman–Crippen LogP) is 6.01. The Morgan fingerprint density at radius 2 is 1.37 bits per heavy atom. The summed E-state index contributed by atoms with van der Waals surface area (Å²) in [5.74, 6) is -9.44. The van der Waals surface area contributed by atoms with Crippen LogP contribution in [0.25, 0.3) is 12.2 Å². The lowest BCUT2D eigenvalue weighted by Gasteiger charge is -2.50. The van der Waals surface area contributed by atoms with E-state index in [1.54, 1.807) is 13.0 Å². The molecule has 14 heteroatoms. The number of fused-ring (bicyclic) bond motifs is 3. The number of Topliss-reactive ketones (excluding diaryl/α,β-unsaturated/α-hetero) is 1. The predicted molar refractivity (Wildman–Crippen MR) is 216 cm³/mol. The van der Waals surface area contributed by atoms with Crippen molar-refractivity contribution in [3.05, 3.63) is 118 Å². The number of carbonyl (C=O) groups is 3. The fourth-order valence-electron chi connectivity index (χ4n) is 7.75. The number of carbonyl (C=O) groups excluding carboxylic acids is 3. The second kappa shape index (κ2) is 16.0. The zero-order valence-corrected chi connectivity index (χ0v) is 33.5. The van der Waals surface area contributed by atoms with Crippen molar-refractivity contribution in [1.29, 1.82) is 0 Å². The molecule has 0 amide bonds. The molecule has 1 aliphatic carbocycles. The maximum Gasteiger partial charge on any atom is 0.357 e. The van der Waals surface area contributed by atoms with Crippen molar-refractivity contribution in [2.24, 2.45) is 0 Å². The van der Waals surface area contributed by atoms with Crippen molar-refractivity contribution in [3.63, 3.8) is 0 Å². The number of esters is 2. The Morgan fingerprint density at radius 1 is 0.717 bits per heavy atom. The molecule has 6 atom stereocenters. The molecule has 2 unspecified atom stereocenters. The third-order valence-electron chi connectivity index (χ3n) is 10.8. The van der Waals surface area contributed by atoms with E-state index in [1.165, 1.54) is 59.7 Å². The van der Waals surface area contributed by atoms with Gasteiger partial charge in [0.05, 0.1) is 6.10 Å². The third-order valence-corrected chi connectivity index (χ3v) is 10.8. The molecule has 1 fully saturated rings. The third kappa shape index (κ3) is 7.76. The molecule has 2 aliphatic heterocycles. The number of aromatic hydroxyl groups is 3. The molecule has 4 aromatic carbocycles. The summed E-state index contributed by atoms with van der Waals surface area (Å²) in [6, 6.07) is 16.5. The van der Waals surface area contributed by atoms with Gasteiger partial charge in [-0.25, -0.2) is 9.59 Å². The van der Waals surface area contributed by atoms with Crippen molar-refractivity contribution in [2.45, 2.75) is 95.3 Å². The van der Waals surface area contributed by atoms with Crippen molar-refractivity contribution in [2.75, 3.05) is 0 Å². The molecule has 1 saturated carbocycles. The molecule has 0 saturated heterocycles. The van der Waals surface area contributed by atoms with Crippen LogP contribution in [0.2, 0.25) is 0 Å². The highest BCUT2D eigenvalue weighted by Crippen LogP contribution is 2.55. The van der Waals surface area contributed by atoms with Gasteiger partial charge in [0.1, 0.15) is 35.4 Å². The molecule has 0 spiro atoms. The number of rotatable bonds is 9. The molecule has 0 aromatic heterocycles. The molecule has 314 valence electrons. The number of aliphatic hydroxyl groups excluding tert-OH is 2. The van der Waals surface area contributed by atoms with Gasteiger partial charge in [-0.05, 0) is 101 Å². The van der Waals surface area contributed by atoms with Crippen LogP contribution in [0, 0.1) is 6.92 Å². The van der Waals surface area contributed by atoms with Gasteiger partial charge in [0.2, 0.25) is 0 Å². The molecule has 6 N–H and O–H groups in total. The van der Waals surface area contributed by atoms with Gasteiger partial charge in [-0.15, -0.1) is 0 Å². The van der Waals surface area contributed by atoms with Crippen molar-refractivity contribution in [1.82, 2.24) is 0 Å². The Bertz CT molecular complexity index is 2420. The monoisotopic (exact) mass is 822 g/mol. The van der Waals surface area contributed by atoms with Crippen LogP contribution in [0.15, 0.2) is 78.9 Å². The zero-order valence-electron chi connectivity index (χ0n) is 33.5. The second-order valence-corrected chi connectivity index (χ2v) is 15.9. The van der Waals surface area contributed by atoms with Gasteiger partial charge in [0, 0.05) is 30.6 Å². The number of phenolic OH excluding ortho intramolecular Hbond substituents is 3. The second-order valence-electron chi connectivity index (χ2n) is 15.9. The Balaban J connectivity index is 1.05. The number of aliphatic hydroxyl groups is 3. The number of hydrogen-bond acceptors (Lipinski definition) is 14. The Morgan fingerprint density at radius 3 is 2.05 bits per heavy atom. The van der Waals surface area contributed by atoms with Crippen LogP contribution in [0.4, 0.5) is 0 Å². The first-order valence-corrected chi connectivity index (χ1v) is 19.5. The maximum atomic E-state index is 14.1. The van der Waals surface area contributed by atoms with Crippen molar-refractivity contribution < 1.29 is 68.7 Å². The van der Waals surface area contributed by atoms with Crippen molar-refractivity contribution >= 4 is 29.9 Å². The Labute approximate surface area is 345 Å². The summed E-state index contributed by atoms with van der Waals surface area (Å²) in [5.41, 5.74) is 3.56. The summed E-state index contributed by atoms with van der Waals surface area (Å²) < 4.78 is 29.4. The lowest BCUT2D eigenvalue weighted by atomic mass is 9.85. The van der Waals surface area contributed by atoms with Crippen LogP contribution in [0.5, 0.6) is 34.5 Å². The molecular weight excluding hydrogens is 776 g/mol. The van der Waals surface area contributed by atoms with Gasteiger partial charge in [-0.1, -0.05) is 52.0 Å². The van der Waals surface area contributed by atoms with E-state index in [0.29, 0.717) is 17.0 Å². The Kier molecular flexibility index (Phi) is 11.2. The number of benzene rings is 4. The highest BCUT2D eigenvalue weighted by molar-refractivity contribution is 6.08. The zero-order chi connectivity index (χ0) is 43.3. The average Bonchev–Trinajstić information content (AvgIpc) is 3.18. The molecule has 4 aromatic rings. The van der Waals surface area contributed by atoms with Crippen molar-refractivity contribution in [3.8, 4) is 34.5 Å². The summed E-state index contributed by atoms with van der Waals surface area (Å²) in [6.07, 6.45) is 0.308. The van der Waals surface area contributed by atoms with E-state index in [1.807, 2.05) is 18.2 Å². The minimum atomic E-state index is -3.00. The standard InChI is InChI=1S/C46H46O14/c1-23(2)30-11-6-26(18-31(30)24(3)4)8-15-41(52)57-39-22-29(21-35(50)43(39)53)56-40(51)14-9-27-7-13-36-37(19-27)58-45(55)44(54)42-34(49)16-25(5)17-38(42)60-46(45,59-36)28-10-12-32(47)33(48)20-28/h6-20,23-24,29,35,39,43,47-50,53,55H,21-22H2,1-5H3/b14-9+,15-8+/t29-,35-,39-,43+,45?,46?/m1/s1. The van der Waals surface area contributed by atoms with E-state index < -0.39 is 71.0 Å². The minimum Gasteiger partial charge on any atom is -0.507 e. The van der Waals surface area contributed by atoms with Gasteiger partial charge in [-0.3, -0.25) is 4.79 Å². The number of ketones is 1. The normalized spacial score (nSPS) is 24.6. The molecular formula is C46H46O14. The molecule has 14 nitrogen and oxygen atoms in total. The first-order chi connectivity index (χ1) is 28.4. The van der Waals surface area contributed by atoms with E-state index in [4.69, 9.17) is 23.7 Å². The minimum absolute atomic E-state index is 0.0189. The largest absolute Gasteiger partial charge is 0.507 e. The van der Waals surface area contributed by atoms with Crippen LogP contribution in [0.3, 0.4) is 0 Å². The van der Waals surface area contributed by atoms with Crippen LogP contribution in [-0.2, 0) is 24.8 Å². The topological polar surface area (TPSA) is 219 Å². The fraction of sp³-hybridized carbons (Fsp3) is 0.326. The van der Waals surface area contributed by atoms with Crippen LogP contribution < -0.4 is 14.2 Å². The van der Waals surface area contributed by atoms with Gasteiger partial charge >= 0.3 is 23.5 Å². The van der Waals surface area contributed by atoms with Gasteiger partial charge in [0.15, 0.2) is 23.0 Å². The molecule has 7 rings (SSSR count). The number of hydrogen-bond donors (Lipinski definition) is 6. The van der Waals surface area contributed by atoms with E-state index >= 15 is 0 Å². The van der Waals surface area contributed by atoms with Crippen LogP contribution in [0.1, 0.15) is 96.1 Å². The van der Waals surface area contributed by atoms with E-state index in [2.05, 4.69) is 27.7 Å². The summed E-state index contributed by atoms with van der Waals surface area (Å²) in [6.45, 7) is 10.1. The SMILES string of the molecule is Cc1cc(O)c2c(c1)OC1(c3ccc(O)c(O)c3)Oc3ccc(/C=C/C(=O)O[C@@H]4C[C@@H](O)[C@H](O)[C@H](OC(=O)/C=C/c5ccc(C(C)C)c(C(C)C)c5)C4)cc3OC1(O)C2=O. The van der Waals surface area contributed by atoms with Gasteiger partial charge in [0.25, 0.3) is 5.78 Å². The maximum absolute atomic E-state index is 14.1. The lowest BCUT2D eigenvalue weighted by Crippen LogP contribution is -2.70. The molecule has 0 bridgehead atoms. The summed E-state index contributed by atoms with van der Waals surface area (Å²) >= 11 is 0. The smallest absolute Gasteiger partial charge is 0.357 e. The average molecular weight is 823 g/mol. The molecule has 2 heterocycles. The quantitative estimate of drug-likeness (QED) is 0.0647. The van der Waals surface area contributed by atoms with E-state index in [9.17, 15) is 45.0 Å². The number of ether oxygens (including phenoxy) is 5. The number of aryl methyl sites for hydroxylation is 1. The van der Waals surface area contributed by atoms with E-state index in [-0.39, 0.29) is 47.1 Å². The fourth-order valence-corrected chi connectivity index (χ4v) is 7.75. The first kappa shape index (κ1) is 41.8. The van der Waals surface area contributed by atoms with Crippen LogP contribution >= 0.6 is 0 Å². The molecule has 3 aliphatic rings. The van der Waals surface area contributed by atoms with Gasteiger partial charge < -0.3 is 54.3 Å². The first-order valence-electron chi connectivity index (χ1n) is 19.5. The summed E-state index contributed by atoms with van der Waals surface area (Å²) in [4.78, 5) is 39.9. The number of phenols is 3. The highest BCUT2D eigenvalue weighted by Gasteiger charge is 2.70. The molecule has 0 radical (unpaired) electrons. The van der Waals surface area contributed by atoms with Gasteiger partial charge in [-0.2, -0.15) is 0 Å². The van der Waals surface area contributed by atoms with E-state index in [0.717, 1.165) is 23.8 Å². The lowest BCUT2D eigenvalue weighted by molar-refractivity contribution is -0.316. The van der Waals surface area contributed by atoms with Crippen LogP contribution in [-0.4, -0.2) is 78.6 Å². The molecule has 60 heavy (non-hydrogen) atoms. The summed E-state index contributed by atoms with van der Waals surface area (Å²) in [7, 11) is 0. The highest BCUT2D eigenvalue weighted by atomic mass is 16.8. The Hall–Kier alpha value is -6.35. The summed E-state index contributed by atoms with van der Waals surface area (Å²) in [5, 5.41) is 64.4.